The number of carbonyl (C=O) groups excluding carboxylic acids is 1. The Morgan fingerprint density at radius 1 is 1.09 bits per heavy atom. The second kappa shape index (κ2) is 8.34. The van der Waals surface area contributed by atoms with Crippen LogP contribution in [-0.2, 0) is 4.79 Å². The van der Waals surface area contributed by atoms with E-state index >= 15 is 0 Å². The predicted molar refractivity (Wildman–Crippen MR) is 137 cm³/mol. The fourth-order valence-electron chi connectivity index (χ4n) is 8.65. The lowest BCUT2D eigenvalue weighted by Crippen LogP contribution is -2.57. The lowest BCUT2D eigenvalue weighted by atomic mass is 9.43. The number of carbonyl (C=O) groups is 1. The summed E-state index contributed by atoms with van der Waals surface area (Å²) in [5.41, 5.74) is 2.86. The van der Waals surface area contributed by atoms with Crippen LogP contribution in [0.3, 0.4) is 0 Å². The number of aliphatic hydroxyl groups is 2. The lowest BCUT2D eigenvalue weighted by molar-refractivity contribution is -0.123. The van der Waals surface area contributed by atoms with Gasteiger partial charge in [0.15, 0.2) is 5.78 Å². The summed E-state index contributed by atoms with van der Waals surface area (Å²) in [6, 6.07) is 9.04. The molecule has 0 aromatic heterocycles. The number of rotatable bonds is 4. The first kappa shape index (κ1) is 23.8. The first-order valence-corrected chi connectivity index (χ1v) is 13.1. The van der Waals surface area contributed by atoms with Gasteiger partial charge in [-0.15, -0.1) is 0 Å². The van der Waals surface area contributed by atoms with E-state index in [0.29, 0.717) is 35.9 Å². The molecule has 0 aliphatic heterocycles. The maximum absolute atomic E-state index is 12.4. The van der Waals surface area contributed by atoms with Crippen molar-refractivity contribution in [2.45, 2.75) is 70.3 Å². The molecule has 4 aliphatic rings. The molecule has 184 valence electrons. The van der Waals surface area contributed by atoms with Gasteiger partial charge in [-0.05, 0) is 91.4 Å². The van der Waals surface area contributed by atoms with E-state index in [1.807, 2.05) is 12.2 Å². The largest absolute Gasteiger partial charge is 0.392 e. The average Bonchev–Trinajstić information content (AvgIpc) is 3.08. The van der Waals surface area contributed by atoms with Crippen molar-refractivity contribution in [1.29, 1.82) is 0 Å². The number of hydrogen-bond donors (Lipinski definition) is 2. The standard InChI is InChI=1S/C30H41NO3/c1-28-15-12-23(33)18-21(28)8-11-24-26-13-16-30(34,14-5-17-32)29(26,2)19-25(27(24)28)20-6-9-22(10-7-20)31(3)4/h5-7,9-10,14,18,24-27,32,34H,8,11-13,15-17,19H2,1-4H3/b14-5-/t24-,25+,26-,27+,28-,29-,30-/m0/s1. The molecule has 1 aromatic carbocycles. The maximum Gasteiger partial charge on any atom is 0.155 e. The third-order valence-corrected chi connectivity index (χ3v) is 10.5. The van der Waals surface area contributed by atoms with Crippen molar-refractivity contribution in [2.75, 3.05) is 25.6 Å². The van der Waals surface area contributed by atoms with Gasteiger partial charge >= 0.3 is 0 Å². The van der Waals surface area contributed by atoms with Gasteiger partial charge in [0.25, 0.3) is 0 Å². The minimum atomic E-state index is -0.882. The number of fused-ring (bicyclic) bond motifs is 5. The molecule has 0 radical (unpaired) electrons. The van der Waals surface area contributed by atoms with Gasteiger partial charge < -0.3 is 15.1 Å². The summed E-state index contributed by atoms with van der Waals surface area (Å²) in [5.74, 6) is 2.09. The van der Waals surface area contributed by atoms with Crippen molar-refractivity contribution < 1.29 is 15.0 Å². The average molecular weight is 464 g/mol. The first-order chi connectivity index (χ1) is 16.1. The summed E-state index contributed by atoms with van der Waals surface area (Å²) in [7, 11) is 4.14. The SMILES string of the molecule is CN(C)c1ccc([C@H]2C[C@@]3(C)[C@@H](CC[C@@]3(O)/C=C\CO)[C@@H]3CCC4=CC(=O)CC[C@]4(C)[C@H]32)cc1. The van der Waals surface area contributed by atoms with Crippen LogP contribution in [0.1, 0.15) is 70.3 Å². The van der Waals surface area contributed by atoms with Crippen LogP contribution < -0.4 is 4.90 Å². The van der Waals surface area contributed by atoms with Crippen molar-refractivity contribution >= 4 is 11.5 Å². The first-order valence-electron chi connectivity index (χ1n) is 13.1. The second-order valence-corrected chi connectivity index (χ2v) is 12.2. The van der Waals surface area contributed by atoms with E-state index in [1.54, 1.807) is 6.08 Å². The predicted octanol–water partition coefficient (Wildman–Crippen LogP) is 5.26. The van der Waals surface area contributed by atoms with E-state index in [0.717, 1.165) is 38.5 Å². The van der Waals surface area contributed by atoms with E-state index in [2.05, 4.69) is 57.1 Å². The monoisotopic (exact) mass is 463 g/mol. The van der Waals surface area contributed by atoms with Gasteiger partial charge in [0, 0.05) is 31.6 Å². The molecule has 0 heterocycles. The van der Waals surface area contributed by atoms with Crippen LogP contribution in [-0.4, -0.2) is 42.3 Å². The van der Waals surface area contributed by atoms with Gasteiger partial charge in [-0.2, -0.15) is 0 Å². The third kappa shape index (κ3) is 3.44. The summed E-state index contributed by atoms with van der Waals surface area (Å²) in [5, 5.41) is 21.4. The number of nitrogens with zero attached hydrogens (tertiary/aromatic N) is 1. The molecular weight excluding hydrogens is 422 g/mol. The van der Waals surface area contributed by atoms with Crippen LogP contribution in [0, 0.1) is 28.6 Å². The Kier molecular flexibility index (Phi) is 5.84. The van der Waals surface area contributed by atoms with Crippen molar-refractivity contribution in [3.63, 3.8) is 0 Å². The zero-order chi connectivity index (χ0) is 24.3. The second-order valence-electron chi connectivity index (χ2n) is 12.2. The summed E-state index contributed by atoms with van der Waals surface area (Å²) < 4.78 is 0. The molecule has 4 heteroatoms. The Hall–Kier alpha value is -1.91. The Labute approximate surface area is 204 Å². The molecule has 5 rings (SSSR count). The molecule has 3 saturated carbocycles. The topological polar surface area (TPSA) is 60.8 Å². The van der Waals surface area contributed by atoms with E-state index in [9.17, 15) is 15.0 Å². The molecule has 0 amide bonds. The zero-order valence-electron chi connectivity index (χ0n) is 21.3. The van der Waals surface area contributed by atoms with Gasteiger partial charge in [0.1, 0.15) is 0 Å². The number of anilines is 1. The van der Waals surface area contributed by atoms with Gasteiger partial charge in [-0.1, -0.05) is 43.7 Å². The number of hydrogen-bond acceptors (Lipinski definition) is 4. The minimum Gasteiger partial charge on any atom is -0.392 e. The normalized spacial score (nSPS) is 41.6. The Morgan fingerprint density at radius 3 is 2.50 bits per heavy atom. The highest BCUT2D eigenvalue weighted by molar-refractivity contribution is 5.91. The summed E-state index contributed by atoms with van der Waals surface area (Å²) in [6.45, 7) is 4.70. The Balaban J connectivity index is 1.62. The van der Waals surface area contributed by atoms with Crippen molar-refractivity contribution in [3.8, 4) is 0 Å². The lowest BCUT2D eigenvalue weighted by Gasteiger charge is -2.62. The molecule has 7 atom stereocenters. The van der Waals surface area contributed by atoms with Crippen LogP contribution in [0.2, 0.25) is 0 Å². The number of benzene rings is 1. The summed E-state index contributed by atoms with van der Waals surface area (Å²) >= 11 is 0. The van der Waals surface area contributed by atoms with Gasteiger partial charge in [0.05, 0.1) is 12.2 Å². The van der Waals surface area contributed by atoms with Gasteiger partial charge in [-0.3, -0.25) is 4.79 Å². The molecule has 2 N–H and O–H groups in total. The maximum atomic E-state index is 12.4. The van der Waals surface area contributed by atoms with Crippen LogP contribution in [0.15, 0.2) is 48.1 Å². The molecule has 0 spiro atoms. The van der Waals surface area contributed by atoms with Crippen molar-refractivity contribution in [3.05, 3.63) is 53.6 Å². The Morgan fingerprint density at radius 2 is 1.82 bits per heavy atom. The molecule has 4 aliphatic carbocycles. The molecule has 0 saturated heterocycles. The van der Waals surface area contributed by atoms with E-state index in [-0.39, 0.29) is 17.4 Å². The van der Waals surface area contributed by atoms with Crippen LogP contribution in [0.4, 0.5) is 5.69 Å². The Bertz CT molecular complexity index is 1010. The fourth-order valence-corrected chi connectivity index (χ4v) is 8.65. The van der Waals surface area contributed by atoms with E-state index < -0.39 is 5.60 Å². The van der Waals surface area contributed by atoms with Crippen LogP contribution >= 0.6 is 0 Å². The molecular formula is C30H41NO3. The highest BCUT2D eigenvalue weighted by Gasteiger charge is 2.65. The number of ketones is 1. The van der Waals surface area contributed by atoms with Crippen molar-refractivity contribution in [2.24, 2.45) is 28.6 Å². The molecule has 4 nitrogen and oxygen atoms in total. The van der Waals surface area contributed by atoms with Gasteiger partial charge in [0.2, 0.25) is 0 Å². The zero-order valence-corrected chi connectivity index (χ0v) is 21.3. The molecule has 0 bridgehead atoms. The molecule has 34 heavy (non-hydrogen) atoms. The summed E-state index contributed by atoms with van der Waals surface area (Å²) in [6.07, 6.45) is 12.0. The van der Waals surface area contributed by atoms with Crippen molar-refractivity contribution in [1.82, 2.24) is 0 Å². The molecule has 1 aromatic rings. The third-order valence-electron chi connectivity index (χ3n) is 10.5. The van der Waals surface area contributed by atoms with E-state index in [1.165, 1.54) is 16.8 Å². The highest BCUT2D eigenvalue weighted by Crippen LogP contribution is 2.71. The highest BCUT2D eigenvalue weighted by atomic mass is 16.3. The van der Waals surface area contributed by atoms with Crippen LogP contribution in [0.5, 0.6) is 0 Å². The van der Waals surface area contributed by atoms with Gasteiger partial charge in [-0.25, -0.2) is 0 Å². The molecule has 3 fully saturated rings. The van der Waals surface area contributed by atoms with E-state index in [4.69, 9.17) is 0 Å². The quantitative estimate of drug-likeness (QED) is 0.598. The van der Waals surface area contributed by atoms with Crippen LogP contribution in [0.25, 0.3) is 0 Å². The fraction of sp³-hybridized carbons (Fsp3) is 0.633. The number of allylic oxidation sites excluding steroid dienone is 1. The smallest absolute Gasteiger partial charge is 0.155 e. The minimum absolute atomic E-state index is 0.0369. The number of aliphatic hydroxyl groups excluding tert-OH is 1. The molecule has 0 unspecified atom stereocenters. The summed E-state index contributed by atoms with van der Waals surface area (Å²) in [4.78, 5) is 14.5.